The first kappa shape index (κ1) is 13.2. The van der Waals surface area contributed by atoms with Crippen LogP contribution in [-0.4, -0.2) is 9.78 Å². The van der Waals surface area contributed by atoms with Crippen LogP contribution in [-0.2, 0) is 6.42 Å². The van der Waals surface area contributed by atoms with Crippen molar-refractivity contribution in [1.29, 1.82) is 0 Å². The number of aromatic nitrogens is 2. The van der Waals surface area contributed by atoms with Gasteiger partial charge in [0.2, 0.25) is 0 Å². The average Bonchev–Trinajstić information content (AvgIpc) is 2.97. The van der Waals surface area contributed by atoms with Crippen molar-refractivity contribution < 1.29 is 4.42 Å². The van der Waals surface area contributed by atoms with Crippen LogP contribution in [0.4, 0.5) is 0 Å². The number of rotatable bonds is 5. The maximum Gasteiger partial charge on any atom is 0.197 e. The minimum Gasteiger partial charge on any atom is -0.453 e. The molecule has 0 aliphatic carbocycles. The normalized spacial score (nSPS) is 14.7. The van der Waals surface area contributed by atoms with E-state index in [4.69, 9.17) is 21.8 Å². The summed E-state index contributed by atoms with van der Waals surface area (Å²) >= 11 is 5.91. The topological polar surface area (TPSA) is 57.0 Å². The summed E-state index contributed by atoms with van der Waals surface area (Å²) in [5.74, 6) is 0. The molecule has 0 spiro atoms. The van der Waals surface area contributed by atoms with Crippen molar-refractivity contribution in [2.75, 3.05) is 0 Å². The Kier molecular flexibility index (Phi) is 4.09. The molecule has 0 aliphatic heterocycles. The van der Waals surface area contributed by atoms with E-state index in [9.17, 15) is 0 Å². The Bertz CT molecular complexity index is 506. The Labute approximate surface area is 112 Å². The molecular formula is C13H18ClN3O. The van der Waals surface area contributed by atoms with Gasteiger partial charge in [-0.25, -0.2) is 0 Å². The molecule has 18 heavy (non-hydrogen) atoms. The Morgan fingerprint density at radius 3 is 2.89 bits per heavy atom. The molecule has 2 aromatic heterocycles. The third-order valence-corrected chi connectivity index (χ3v) is 3.49. The van der Waals surface area contributed by atoms with Crippen molar-refractivity contribution in [3.05, 3.63) is 41.1 Å². The highest BCUT2D eigenvalue weighted by Crippen LogP contribution is 2.24. The van der Waals surface area contributed by atoms with Gasteiger partial charge in [-0.3, -0.25) is 4.68 Å². The van der Waals surface area contributed by atoms with E-state index in [0.29, 0.717) is 17.7 Å². The fraction of sp³-hybridized carbons (Fsp3) is 0.462. The van der Waals surface area contributed by atoms with Crippen LogP contribution in [0.1, 0.15) is 43.6 Å². The molecule has 2 heterocycles. The van der Waals surface area contributed by atoms with E-state index in [2.05, 4.69) is 18.9 Å². The first-order valence-electron chi connectivity index (χ1n) is 6.14. The molecular weight excluding hydrogens is 250 g/mol. The zero-order valence-corrected chi connectivity index (χ0v) is 11.4. The van der Waals surface area contributed by atoms with Crippen LogP contribution >= 0.6 is 11.6 Å². The molecule has 2 aromatic rings. The quantitative estimate of drug-likeness (QED) is 0.904. The number of halogens is 1. The second-order valence-electron chi connectivity index (χ2n) is 4.50. The molecule has 2 rings (SSSR count). The highest BCUT2D eigenvalue weighted by molar-refractivity contribution is 6.29. The Balaban J connectivity index is 2.06. The van der Waals surface area contributed by atoms with Gasteiger partial charge in [0.15, 0.2) is 5.22 Å². The number of nitrogens with zero attached hydrogens (tertiary/aromatic N) is 2. The van der Waals surface area contributed by atoms with Crippen molar-refractivity contribution in [1.82, 2.24) is 9.78 Å². The van der Waals surface area contributed by atoms with Gasteiger partial charge in [-0.1, -0.05) is 6.92 Å². The molecule has 2 atom stereocenters. The summed E-state index contributed by atoms with van der Waals surface area (Å²) < 4.78 is 7.02. The van der Waals surface area contributed by atoms with E-state index in [1.165, 1.54) is 0 Å². The highest BCUT2D eigenvalue weighted by atomic mass is 35.5. The summed E-state index contributed by atoms with van der Waals surface area (Å²) in [6.07, 6.45) is 5.26. The van der Waals surface area contributed by atoms with E-state index >= 15 is 0 Å². The lowest BCUT2D eigenvalue weighted by Crippen LogP contribution is -2.14. The average molecular weight is 268 g/mol. The summed E-state index contributed by atoms with van der Waals surface area (Å²) in [5, 5.41) is 4.89. The van der Waals surface area contributed by atoms with E-state index in [1.807, 2.05) is 16.9 Å². The molecule has 98 valence electrons. The van der Waals surface area contributed by atoms with E-state index in [-0.39, 0.29) is 6.04 Å². The predicted octanol–water partition coefficient (Wildman–Crippen LogP) is 3.34. The molecule has 0 saturated carbocycles. The van der Waals surface area contributed by atoms with Crippen LogP contribution in [0.15, 0.2) is 29.0 Å². The van der Waals surface area contributed by atoms with Crippen LogP contribution in [0.5, 0.6) is 0 Å². The number of nitrogens with two attached hydrogens (primary N) is 1. The molecule has 0 saturated heterocycles. The minimum absolute atomic E-state index is 0.184. The molecule has 2 N–H and O–H groups in total. The van der Waals surface area contributed by atoms with Crippen molar-refractivity contribution in [3.8, 4) is 0 Å². The number of furan rings is 1. The highest BCUT2D eigenvalue weighted by Gasteiger charge is 2.15. The molecule has 0 bridgehead atoms. The zero-order chi connectivity index (χ0) is 13.1. The van der Waals surface area contributed by atoms with Gasteiger partial charge in [0, 0.05) is 30.3 Å². The fourth-order valence-electron chi connectivity index (χ4n) is 1.82. The SMILES string of the molecule is CCC(C)n1ccc(CC(N)c2ccoc2Cl)n1. The summed E-state index contributed by atoms with van der Waals surface area (Å²) in [6, 6.07) is 4.03. The number of hydrogen-bond donors (Lipinski definition) is 1. The summed E-state index contributed by atoms with van der Waals surface area (Å²) in [4.78, 5) is 0. The van der Waals surface area contributed by atoms with Gasteiger partial charge in [0.05, 0.1) is 12.0 Å². The largest absolute Gasteiger partial charge is 0.453 e. The van der Waals surface area contributed by atoms with E-state index < -0.39 is 0 Å². The van der Waals surface area contributed by atoms with Gasteiger partial charge in [-0.05, 0) is 37.1 Å². The first-order chi connectivity index (χ1) is 8.61. The number of hydrogen-bond acceptors (Lipinski definition) is 3. The van der Waals surface area contributed by atoms with Crippen LogP contribution in [0, 0.1) is 0 Å². The Hall–Kier alpha value is -1.26. The fourth-order valence-corrected chi connectivity index (χ4v) is 2.08. The summed E-state index contributed by atoms with van der Waals surface area (Å²) in [5.41, 5.74) is 7.90. The third kappa shape index (κ3) is 2.76. The molecule has 5 heteroatoms. The van der Waals surface area contributed by atoms with Gasteiger partial charge in [-0.15, -0.1) is 0 Å². The van der Waals surface area contributed by atoms with Crippen molar-refractivity contribution in [2.45, 2.75) is 38.8 Å². The predicted molar refractivity (Wildman–Crippen MR) is 71.6 cm³/mol. The van der Waals surface area contributed by atoms with Crippen LogP contribution in [0.25, 0.3) is 0 Å². The zero-order valence-electron chi connectivity index (χ0n) is 10.6. The third-order valence-electron chi connectivity index (χ3n) is 3.18. The maximum atomic E-state index is 6.10. The summed E-state index contributed by atoms with van der Waals surface area (Å²) in [7, 11) is 0. The van der Waals surface area contributed by atoms with Gasteiger partial charge in [0.1, 0.15) is 0 Å². The maximum absolute atomic E-state index is 6.10. The van der Waals surface area contributed by atoms with Crippen molar-refractivity contribution in [3.63, 3.8) is 0 Å². The molecule has 4 nitrogen and oxygen atoms in total. The molecule has 0 fully saturated rings. The molecule has 0 aliphatic rings. The van der Waals surface area contributed by atoms with Gasteiger partial charge in [-0.2, -0.15) is 5.10 Å². The standard InChI is InChI=1S/C13H18ClN3O/c1-3-9(2)17-6-4-10(16-17)8-12(15)11-5-7-18-13(11)14/h4-7,9,12H,3,8,15H2,1-2H3. The lowest BCUT2D eigenvalue weighted by Gasteiger charge is -2.10. The van der Waals surface area contributed by atoms with Crippen LogP contribution < -0.4 is 5.73 Å². The van der Waals surface area contributed by atoms with Crippen LogP contribution in [0.2, 0.25) is 5.22 Å². The van der Waals surface area contributed by atoms with Gasteiger partial charge in [0.25, 0.3) is 0 Å². The van der Waals surface area contributed by atoms with Crippen molar-refractivity contribution >= 4 is 11.6 Å². The first-order valence-corrected chi connectivity index (χ1v) is 6.52. The van der Waals surface area contributed by atoms with Crippen molar-refractivity contribution in [2.24, 2.45) is 5.73 Å². The molecule has 0 radical (unpaired) electrons. The van der Waals surface area contributed by atoms with Gasteiger partial charge < -0.3 is 10.2 Å². The second kappa shape index (κ2) is 5.59. The second-order valence-corrected chi connectivity index (χ2v) is 4.85. The summed E-state index contributed by atoms with van der Waals surface area (Å²) in [6.45, 7) is 4.28. The lowest BCUT2D eigenvalue weighted by atomic mass is 10.1. The Morgan fingerprint density at radius 1 is 1.50 bits per heavy atom. The molecule has 0 aromatic carbocycles. The Morgan fingerprint density at radius 2 is 2.28 bits per heavy atom. The van der Waals surface area contributed by atoms with E-state index in [0.717, 1.165) is 17.7 Å². The van der Waals surface area contributed by atoms with E-state index in [1.54, 1.807) is 12.3 Å². The monoisotopic (exact) mass is 267 g/mol. The van der Waals surface area contributed by atoms with Gasteiger partial charge >= 0.3 is 0 Å². The smallest absolute Gasteiger partial charge is 0.197 e. The van der Waals surface area contributed by atoms with Crippen LogP contribution in [0.3, 0.4) is 0 Å². The molecule has 0 amide bonds. The lowest BCUT2D eigenvalue weighted by molar-refractivity contribution is 0.471. The minimum atomic E-state index is -0.184. The molecule has 2 unspecified atom stereocenters.